The molecule has 108 valence electrons. The maximum atomic E-state index is 4.32. The van der Waals surface area contributed by atoms with Crippen molar-refractivity contribution in [1.29, 1.82) is 0 Å². The lowest BCUT2D eigenvalue weighted by atomic mass is 10.1. The predicted octanol–water partition coefficient (Wildman–Crippen LogP) is 1.98. The van der Waals surface area contributed by atoms with Crippen LogP contribution in [0.25, 0.3) is 0 Å². The summed E-state index contributed by atoms with van der Waals surface area (Å²) in [5.41, 5.74) is 0.455. The molecule has 0 aliphatic heterocycles. The zero-order valence-electron chi connectivity index (χ0n) is 12.8. The molecule has 0 radical (unpaired) electrons. The maximum Gasteiger partial charge on any atom is 0.0489 e. The van der Waals surface area contributed by atoms with E-state index in [9.17, 15) is 0 Å². The van der Waals surface area contributed by atoms with E-state index in [1.165, 1.54) is 12.8 Å². The van der Waals surface area contributed by atoms with E-state index in [-0.39, 0.29) is 0 Å². The molecule has 1 fully saturated rings. The second-order valence-electron chi connectivity index (χ2n) is 6.52. The smallest absolute Gasteiger partial charge is 0.0489 e. The van der Waals surface area contributed by atoms with Gasteiger partial charge in [-0.15, -0.1) is 0 Å². The van der Waals surface area contributed by atoms with Crippen LogP contribution in [-0.4, -0.2) is 46.9 Å². The van der Waals surface area contributed by atoms with Crippen molar-refractivity contribution in [2.45, 2.75) is 52.2 Å². The SMILES string of the molecule is CC(CN(C)C(C)C)NCC1(Cn2cccn2)CC1. The van der Waals surface area contributed by atoms with E-state index in [2.05, 4.69) is 54.0 Å². The molecular weight excluding hydrogens is 236 g/mol. The molecule has 0 bridgehead atoms. The van der Waals surface area contributed by atoms with Crippen molar-refractivity contribution in [3.05, 3.63) is 18.5 Å². The van der Waals surface area contributed by atoms with Crippen LogP contribution in [0.3, 0.4) is 0 Å². The van der Waals surface area contributed by atoms with Crippen LogP contribution in [0.15, 0.2) is 18.5 Å². The summed E-state index contributed by atoms with van der Waals surface area (Å²) in [7, 11) is 2.19. The highest BCUT2D eigenvalue weighted by molar-refractivity contribution is 4.96. The Hall–Kier alpha value is -0.870. The summed E-state index contributed by atoms with van der Waals surface area (Å²) in [5, 5.41) is 8.02. The number of rotatable bonds is 8. The minimum absolute atomic E-state index is 0.455. The van der Waals surface area contributed by atoms with Gasteiger partial charge in [0.2, 0.25) is 0 Å². The highest BCUT2D eigenvalue weighted by Crippen LogP contribution is 2.46. The normalized spacial score (nSPS) is 19.1. The van der Waals surface area contributed by atoms with Gasteiger partial charge in [-0.3, -0.25) is 4.68 Å². The summed E-state index contributed by atoms with van der Waals surface area (Å²) in [6.45, 7) is 10.0. The lowest BCUT2D eigenvalue weighted by Crippen LogP contribution is -2.42. The molecule has 1 unspecified atom stereocenters. The summed E-state index contributed by atoms with van der Waals surface area (Å²) in [6.07, 6.45) is 6.58. The summed E-state index contributed by atoms with van der Waals surface area (Å²) in [4.78, 5) is 2.39. The van der Waals surface area contributed by atoms with Gasteiger partial charge in [0, 0.05) is 49.5 Å². The molecule has 1 aliphatic rings. The first-order valence-corrected chi connectivity index (χ1v) is 7.42. The molecule has 2 rings (SSSR count). The van der Waals surface area contributed by atoms with Crippen LogP contribution in [-0.2, 0) is 6.54 Å². The number of nitrogens with one attached hydrogen (secondary N) is 1. The van der Waals surface area contributed by atoms with Crippen LogP contribution in [0.4, 0.5) is 0 Å². The van der Waals surface area contributed by atoms with Crippen LogP contribution in [0.5, 0.6) is 0 Å². The van der Waals surface area contributed by atoms with Gasteiger partial charge in [0.15, 0.2) is 0 Å². The Morgan fingerprint density at radius 3 is 2.63 bits per heavy atom. The zero-order valence-corrected chi connectivity index (χ0v) is 12.8. The topological polar surface area (TPSA) is 33.1 Å². The van der Waals surface area contributed by atoms with E-state index in [0.717, 1.165) is 19.6 Å². The molecule has 0 aromatic carbocycles. The van der Waals surface area contributed by atoms with E-state index >= 15 is 0 Å². The Labute approximate surface area is 117 Å². The van der Waals surface area contributed by atoms with Gasteiger partial charge >= 0.3 is 0 Å². The number of likely N-dealkylation sites (N-methyl/N-ethyl adjacent to an activating group) is 1. The van der Waals surface area contributed by atoms with E-state index in [0.29, 0.717) is 17.5 Å². The Morgan fingerprint density at radius 2 is 2.11 bits per heavy atom. The Bertz CT molecular complexity index is 368. The maximum absolute atomic E-state index is 4.32. The molecule has 1 heterocycles. The standard InChI is InChI=1S/C15H28N4/c1-13(2)18(4)10-14(3)16-11-15(6-7-15)12-19-9-5-8-17-19/h5,8-9,13-14,16H,6-7,10-12H2,1-4H3. The van der Waals surface area contributed by atoms with E-state index in [4.69, 9.17) is 0 Å². The first-order valence-electron chi connectivity index (χ1n) is 7.42. The number of aromatic nitrogens is 2. The second kappa shape index (κ2) is 6.06. The summed E-state index contributed by atoms with van der Waals surface area (Å²) < 4.78 is 2.07. The molecule has 1 aromatic rings. The van der Waals surface area contributed by atoms with Gasteiger partial charge in [0.25, 0.3) is 0 Å². The van der Waals surface area contributed by atoms with E-state index in [1.807, 2.05) is 12.3 Å². The average Bonchev–Trinajstić information content (AvgIpc) is 2.92. The first kappa shape index (κ1) is 14.5. The minimum atomic E-state index is 0.455. The predicted molar refractivity (Wildman–Crippen MR) is 79.1 cm³/mol. The van der Waals surface area contributed by atoms with Crippen LogP contribution in [0, 0.1) is 5.41 Å². The van der Waals surface area contributed by atoms with Crippen molar-refractivity contribution in [3.8, 4) is 0 Å². The molecule has 0 spiro atoms. The summed E-state index contributed by atoms with van der Waals surface area (Å²) >= 11 is 0. The van der Waals surface area contributed by atoms with Gasteiger partial charge < -0.3 is 10.2 Å². The second-order valence-corrected chi connectivity index (χ2v) is 6.52. The van der Waals surface area contributed by atoms with Gasteiger partial charge in [-0.2, -0.15) is 5.10 Å². The van der Waals surface area contributed by atoms with Crippen LogP contribution >= 0.6 is 0 Å². The Kier molecular flexibility index (Phi) is 4.63. The van der Waals surface area contributed by atoms with Gasteiger partial charge in [0.1, 0.15) is 0 Å². The van der Waals surface area contributed by atoms with Crippen molar-refractivity contribution in [1.82, 2.24) is 20.0 Å². The van der Waals surface area contributed by atoms with Gasteiger partial charge in [-0.25, -0.2) is 0 Å². The Balaban J connectivity index is 1.73. The molecule has 0 saturated heterocycles. The third-order valence-electron chi connectivity index (χ3n) is 4.28. The monoisotopic (exact) mass is 264 g/mol. The largest absolute Gasteiger partial charge is 0.312 e. The summed E-state index contributed by atoms with van der Waals surface area (Å²) in [6, 6.07) is 3.16. The molecule has 1 saturated carbocycles. The lowest BCUT2D eigenvalue weighted by molar-refractivity contribution is 0.238. The molecule has 0 amide bonds. The van der Waals surface area contributed by atoms with Crippen molar-refractivity contribution >= 4 is 0 Å². The highest BCUT2D eigenvalue weighted by atomic mass is 15.3. The van der Waals surface area contributed by atoms with E-state index < -0.39 is 0 Å². The molecule has 1 N–H and O–H groups in total. The first-order chi connectivity index (χ1) is 9.01. The molecule has 4 heteroatoms. The molecule has 1 atom stereocenters. The fourth-order valence-corrected chi connectivity index (χ4v) is 2.40. The molecule has 4 nitrogen and oxygen atoms in total. The van der Waals surface area contributed by atoms with Crippen molar-refractivity contribution in [2.24, 2.45) is 5.41 Å². The van der Waals surface area contributed by atoms with Crippen molar-refractivity contribution in [3.63, 3.8) is 0 Å². The summed E-state index contributed by atoms with van der Waals surface area (Å²) in [5.74, 6) is 0. The van der Waals surface area contributed by atoms with E-state index in [1.54, 1.807) is 0 Å². The van der Waals surface area contributed by atoms with Crippen LogP contribution in [0.2, 0.25) is 0 Å². The molecule has 19 heavy (non-hydrogen) atoms. The highest BCUT2D eigenvalue weighted by Gasteiger charge is 2.42. The fraction of sp³-hybridized carbons (Fsp3) is 0.800. The third-order valence-corrected chi connectivity index (χ3v) is 4.28. The van der Waals surface area contributed by atoms with Crippen LogP contribution < -0.4 is 5.32 Å². The average molecular weight is 264 g/mol. The number of nitrogens with zero attached hydrogens (tertiary/aromatic N) is 3. The van der Waals surface area contributed by atoms with Crippen molar-refractivity contribution in [2.75, 3.05) is 20.1 Å². The quantitative estimate of drug-likeness (QED) is 0.779. The van der Waals surface area contributed by atoms with Gasteiger partial charge in [0.05, 0.1) is 0 Å². The molecule has 1 aliphatic carbocycles. The number of hydrogen-bond acceptors (Lipinski definition) is 3. The number of hydrogen-bond donors (Lipinski definition) is 1. The zero-order chi connectivity index (χ0) is 13.9. The molecular formula is C15H28N4. The molecule has 1 aromatic heterocycles. The van der Waals surface area contributed by atoms with Crippen molar-refractivity contribution < 1.29 is 0 Å². The Morgan fingerprint density at radius 1 is 1.37 bits per heavy atom. The van der Waals surface area contributed by atoms with Crippen LogP contribution in [0.1, 0.15) is 33.6 Å². The minimum Gasteiger partial charge on any atom is -0.312 e. The van der Waals surface area contributed by atoms with Gasteiger partial charge in [-0.1, -0.05) is 0 Å². The third kappa shape index (κ3) is 4.32. The fourth-order valence-electron chi connectivity index (χ4n) is 2.40. The lowest BCUT2D eigenvalue weighted by Gasteiger charge is -2.27. The van der Waals surface area contributed by atoms with Gasteiger partial charge in [-0.05, 0) is 46.7 Å².